The number of imide groups is 1. The van der Waals surface area contributed by atoms with Crippen molar-refractivity contribution in [1.29, 1.82) is 0 Å². The number of benzene rings is 1. The van der Waals surface area contributed by atoms with Crippen LogP contribution in [0.1, 0.15) is 66.2 Å². The number of rotatable bonds is 13. The molecule has 1 aliphatic heterocycles. The largest absolute Gasteiger partial charge is 0.483 e. The van der Waals surface area contributed by atoms with Crippen LogP contribution in [0.5, 0.6) is 5.75 Å². The van der Waals surface area contributed by atoms with Gasteiger partial charge in [0, 0.05) is 6.54 Å². The number of fused-ring (bicyclic) bond motifs is 1. The lowest BCUT2D eigenvalue weighted by Gasteiger charge is -2.22. The van der Waals surface area contributed by atoms with Gasteiger partial charge < -0.3 is 21.5 Å². The fourth-order valence-corrected chi connectivity index (χ4v) is 3.39. The molecule has 0 fully saturated rings. The van der Waals surface area contributed by atoms with Gasteiger partial charge in [0.05, 0.1) is 11.1 Å². The Morgan fingerprint density at radius 3 is 2.53 bits per heavy atom. The molecule has 5 N–H and O–H groups in total. The third-order valence-electron chi connectivity index (χ3n) is 4.92. The van der Waals surface area contributed by atoms with E-state index < -0.39 is 23.8 Å². The quantitative estimate of drug-likeness (QED) is 0.321. The van der Waals surface area contributed by atoms with Crippen LogP contribution in [0.25, 0.3) is 0 Å². The standard InChI is InChI=1S/C21H30N4O5/c1-2-8-15(19(23)27)25-20(28)14-9-7-10-16(18(14)21(25)29)30-13-17(26)24-12-6-4-3-5-11-22/h7,9-10,15H,2-6,8,11-13,22H2,1H3,(H2,23,27)(H,24,26). The molecular formula is C21H30N4O5. The van der Waals surface area contributed by atoms with Gasteiger partial charge in [-0.05, 0) is 37.9 Å². The fourth-order valence-electron chi connectivity index (χ4n) is 3.39. The summed E-state index contributed by atoms with van der Waals surface area (Å²) in [6.07, 6.45) is 4.68. The molecule has 1 atom stereocenters. The van der Waals surface area contributed by atoms with Crippen molar-refractivity contribution >= 4 is 23.6 Å². The van der Waals surface area contributed by atoms with Gasteiger partial charge in [0.1, 0.15) is 11.8 Å². The second kappa shape index (κ2) is 11.3. The minimum Gasteiger partial charge on any atom is -0.483 e. The molecule has 1 unspecified atom stereocenters. The van der Waals surface area contributed by atoms with Crippen molar-refractivity contribution < 1.29 is 23.9 Å². The number of hydrogen-bond acceptors (Lipinski definition) is 6. The van der Waals surface area contributed by atoms with Crippen LogP contribution in [0.3, 0.4) is 0 Å². The normalized spacial score (nSPS) is 13.9. The molecule has 0 radical (unpaired) electrons. The Hall–Kier alpha value is -2.94. The van der Waals surface area contributed by atoms with E-state index >= 15 is 0 Å². The molecule has 1 heterocycles. The van der Waals surface area contributed by atoms with E-state index in [1.807, 2.05) is 6.92 Å². The lowest BCUT2D eigenvalue weighted by Crippen LogP contribution is -2.47. The van der Waals surface area contributed by atoms with Crippen LogP contribution >= 0.6 is 0 Å². The molecule has 1 aromatic rings. The lowest BCUT2D eigenvalue weighted by atomic mass is 10.1. The smallest absolute Gasteiger partial charge is 0.266 e. The van der Waals surface area contributed by atoms with Gasteiger partial charge >= 0.3 is 0 Å². The van der Waals surface area contributed by atoms with Crippen molar-refractivity contribution in [3.05, 3.63) is 29.3 Å². The van der Waals surface area contributed by atoms with Gasteiger partial charge in [-0.1, -0.05) is 32.3 Å². The number of ether oxygens (including phenoxy) is 1. The van der Waals surface area contributed by atoms with Gasteiger partial charge in [-0.25, -0.2) is 0 Å². The Bertz CT molecular complexity index is 796. The number of unbranched alkanes of at least 4 members (excludes halogenated alkanes) is 3. The summed E-state index contributed by atoms with van der Waals surface area (Å²) < 4.78 is 5.53. The lowest BCUT2D eigenvalue weighted by molar-refractivity contribution is -0.123. The molecule has 0 saturated carbocycles. The predicted molar refractivity (Wildman–Crippen MR) is 111 cm³/mol. The van der Waals surface area contributed by atoms with Crippen molar-refractivity contribution in [3.8, 4) is 5.75 Å². The number of carbonyl (C=O) groups excluding carboxylic acids is 4. The number of hydrogen-bond donors (Lipinski definition) is 3. The Labute approximate surface area is 176 Å². The minimum absolute atomic E-state index is 0.0550. The maximum absolute atomic E-state index is 12.9. The van der Waals surface area contributed by atoms with Crippen molar-refractivity contribution in [2.75, 3.05) is 19.7 Å². The second-order valence-electron chi connectivity index (χ2n) is 7.21. The maximum atomic E-state index is 12.9. The van der Waals surface area contributed by atoms with E-state index in [9.17, 15) is 19.2 Å². The molecule has 0 bridgehead atoms. The number of nitrogens with one attached hydrogen (secondary N) is 1. The zero-order valence-electron chi connectivity index (χ0n) is 17.3. The zero-order valence-corrected chi connectivity index (χ0v) is 17.3. The van der Waals surface area contributed by atoms with Gasteiger partial charge in [0.25, 0.3) is 17.7 Å². The summed E-state index contributed by atoms with van der Waals surface area (Å²) in [5, 5.41) is 2.76. The van der Waals surface area contributed by atoms with Crippen molar-refractivity contribution in [2.45, 2.75) is 51.5 Å². The fraction of sp³-hybridized carbons (Fsp3) is 0.524. The van der Waals surface area contributed by atoms with E-state index in [0.717, 1.165) is 30.6 Å². The van der Waals surface area contributed by atoms with E-state index in [-0.39, 0.29) is 35.8 Å². The molecule has 0 aliphatic carbocycles. The van der Waals surface area contributed by atoms with E-state index in [1.54, 1.807) is 6.07 Å². The summed E-state index contributed by atoms with van der Waals surface area (Å²) in [6, 6.07) is 3.57. The summed E-state index contributed by atoms with van der Waals surface area (Å²) in [5.74, 6) is -2.14. The number of nitrogens with two attached hydrogens (primary N) is 2. The van der Waals surface area contributed by atoms with E-state index in [4.69, 9.17) is 16.2 Å². The Balaban J connectivity index is 2.01. The average Bonchev–Trinajstić information content (AvgIpc) is 2.98. The summed E-state index contributed by atoms with van der Waals surface area (Å²) in [5.41, 5.74) is 11.0. The third-order valence-corrected chi connectivity index (χ3v) is 4.92. The van der Waals surface area contributed by atoms with Gasteiger partial charge in [-0.3, -0.25) is 24.1 Å². The molecular weight excluding hydrogens is 388 g/mol. The molecule has 2 rings (SSSR count). The first-order chi connectivity index (χ1) is 14.4. The van der Waals surface area contributed by atoms with Gasteiger partial charge in [0.15, 0.2) is 6.61 Å². The van der Waals surface area contributed by atoms with Gasteiger partial charge in [0.2, 0.25) is 5.91 Å². The Kier molecular flexibility index (Phi) is 8.79. The first-order valence-electron chi connectivity index (χ1n) is 10.3. The third kappa shape index (κ3) is 5.56. The SMILES string of the molecule is CCCC(C(N)=O)N1C(=O)c2cccc(OCC(=O)NCCCCCCN)c2C1=O. The van der Waals surface area contributed by atoms with Crippen LogP contribution in [0, 0.1) is 0 Å². The average molecular weight is 418 g/mol. The molecule has 0 aromatic heterocycles. The topological polar surface area (TPSA) is 145 Å². The van der Waals surface area contributed by atoms with Crippen molar-refractivity contribution in [2.24, 2.45) is 11.5 Å². The minimum atomic E-state index is -1.02. The summed E-state index contributed by atoms with van der Waals surface area (Å²) in [6.45, 7) is 2.75. The van der Waals surface area contributed by atoms with Gasteiger partial charge in [-0.2, -0.15) is 0 Å². The number of carbonyl (C=O) groups is 4. The van der Waals surface area contributed by atoms with Crippen LogP contribution in [-0.4, -0.2) is 54.3 Å². The highest BCUT2D eigenvalue weighted by atomic mass is 16.5. The Morgan fingerprint density at radius 2 is 1.87 bits per heavy atom. The molecule has 9 nitrogen and oxygen atoms in total. The summed E-state index contributed by atoms with van der Waals surface area (Å²) >= 11 is 0. The highest BCUT2D eigenvalue weighted by Crippen LogP contribution is 2.32. The highest BCUT2D eigenvalue weighted by molar-refractivity contribution is 6.24. The molecule has 30 heavy (non-hydrogen) atoms. The molecule has 9 heteroatoms. The molecule has 0 spiro atoms. The second-order valence-corrected chi connectivity index (χ2v) is 7.21. The van der Waals surface area contributed by atoms with Crippen LogP contribution in [-0.2, 0) is 9.59 Å². The highest BCUT2D eigenvalue weighted by Gasteiger charge is 2.43. The van der Waals surface area contributed by atoms with E-state index in [2.05, 4.69) is 5.32 Å². The molecule has 4 amide bonds. The summed E-state index contributed by atoms with van der Waals surface area (Å²) in [4.78, 5) is 50.3. The zero-order chi connectivity index (χ0) is 22.1. The number of primary amides is 1. The van der Waals surface area contributed by atoms with Crippen molar-refractivity contribution in [1.82, 2.24) is 10.2 Å². The Morgan fingerprint density at radius 1 is 1.13 bits per heavy atom. The number of amides is 4. The van der Waals surface area contributed by atoms with Crippen LogP contribution < -0.4 is 21.5 Å². The van der Waals surface area contributed by atoms with E-state index in [0.29, 0.717) is 19.5 Å². The van der Waals surface area contributed by atoms with Crippen LogP contribution in [0.2, 0.25) is 0 Å². The van der Waals surface area contributed by atoms with E-state index in [1.165, 1.54) is 12.1 Å². The van der Waals surface area contributed by atoms with Gasteiger partial charge in [-0.15, -0.1) is 0 Å². The molecule has 164 valence electrons. The monoisotopic (exact) mass is 418 g/mol. The predicted octanol–water partition coefficient (Wildman–Crippen LogP) is 0.951. The first kappa shape index (κ1) is 23.3. The first-order valence-corrected chi connectivity index (χ1v) is 10.3. The van der Waals surface area contributed by atoms with Crippen LogP contribution in [0.15, 0.2) is 18.2 Å². The maximum Gasteiger partial charge on any atom is 0.266 e. The molecule has 0 saturated heterocycles. The number of nitrogens with zero attached hydrogens (tertiary/aromatic N) is 1. The van der Waals surface area contributed by atoms with Crippen LogP contribution in [0.4, 0.5) is 0 Å². The molecule has 1 aromatic carbocycles. The molecule has 1 aliphatic rings. The van der Waals surface area contributed by atoms with Crippen molar-refractivity contribution in [3.63, 3.8) is 0 Å². The summed E-state index contributed by atoms with van der Waals surface area (Å²) in [7, 11) is 0.